The molecule has 3 atom stereocenters. The molecule has 28 heavy (non-hydrogen) atoms. The van der Waals surface area contributed by atoms with E-state index in [0.29, 0.717) is 25.2 Å². The van der Waals surface area contributed by atoms with Crippen LogP contribution in [0.5, 0.6) is 0 Å². The molecule has 2 saturated heterocycles. The van der Waals surface area contributed by atoms with Crippen LogP contribution in [0.3, 0.4) is 0 Å². The molecule has 1 N–H and O–H groups in total. The second-order valence-corrected chi connectivity index (χ2v) is 8.50. The lowest BCUT2D eigenvalue weighted by atomic mass is 9.76. The smallest absolute Gasteiger partial charge is 0.309 e. The number of carboxylic acids is 1. The first-order valence-electron chi connectivity index (χ1n) is 10.3. The number of rotatable bonds is 5. The Morgan fingerprint density at radius 3 is 2.71 bits per heavy atom. The second-order valence-electron chi connectivity index (χ2n) is 8.50. The van der Waals surface area contributed by atoms with Gasteiger partial charge in [0.05, 0.1) is 24.7 Å². The van der Waals surface area contributed by atoms with E-state index < -0.39 is 11.9 Å². The highest BCUT2D eigenvalue weighted by molar-refractivity contribution is 5.70. The second kappa shape index (κ2) is 7.01. The minimum absolute atomic E-state index is 0.183. The van der Waals surface area contributed by atoms with Gasteiger partial charge in [-0.1, -0.05) is 24.3 Å². The number of aliphatic carboxylic acids is 1. The molecule has 0 amide bonds. The Bertz CT molecular complexity index is 836. The van der Waals surface area contributed by atoms with Gasteiger partial charge in [0.15, 0.2) is 0 Å². The summed E-state index contributed by atoms with van der Waals surface area (Å²) < 4.78 is 8.17. The summed E-state index contributed by atoms with van der Waals surface area (Å²) in [6.07, 6.45) is 8.72. The molecule has 6 nitrogen and oxygen atoms in total. The Labute approximate surface area is 165 Å². The van der Waals surface area contributed by atoms with E-state index in [9.17, 15) is 9.90 Å². The normalized spacial score (nSPS) is 30.3. The molecule has 1 spiro atoms. The SMILES string of the molecule is O=C(O)C(CN1C2CCC1CC1(C2)OCCc2ccccc21)Cn1cccn1. The van der Waals surface area contributed by atoms with Crippen LogP contribution in [0.2, 0.25) is 0 Å². The van der Waals surface area contributed by atoms with Crippen LogP contribution in [0.15, 0.2) is 42.7 Å². The fourth-order valence-corrected chi connectivity index (χ4v) is 5.65. The largest absolute Gasteiger partial charge is 0.481 e. The van der Waals surface area contributed by atoms with Gasteiger partial charge in [0.1, 0.15) is 0 Å². The summed E-state index contributed by atoms with van der Waals surface area (Å²) in [7, 11) is 0. The topological polar surface area (TPSA) is 67.6 Å². The van der Waals surface area contributed by atoms with Crippen LogP contribution in [0, 0.1) is 5.92 Å². The molecule has 4 heterocycles. The van der Waals surface area contributed by atoms with Crippen molar-refractivity contribution in [1.29, 1.82) is 0 Å². The minimum atomic E-state index is -0.741. The number of hydrogen-bond acceptors (Lipinski definition) is 4. The van der Waals surface area contributed by atoms with Gasteiger partial charge in [0.25, 0.3) is 0 Å². The first-order chi connectivity index (χ1) is 13.6. The van der Waals surface area contributed by atoms with Crippen molar-refractivity contribution in [2.75, 3.05) is 13.2 Å². The lowest BCUT2D eigenvalue weighted by Crippen LogP contribution is -2.54. The van der Waals surface area contributed by atoms with Crippen LogP contribution in [-0.4, -0.2) is 51.0 Å². The summed E-state index contributed by atoms with van der Waals surface area (Å²) in [4.78, 5) is 14.4. The number of ether oxygens (including phenoxy) is 1. The first kappa shape index (κ1) is 17.9. The molecular formula is C22H27N3O3. The summed E-state index contributed by atoms with van der Waals surface area (Å²) >= 11 is 0. The number of carboxylic acid groups (broad SMARTS) is 1. The fourth-order valence-electron chi connectivity index (χ4n) is 5.65. The van der Waals surface area contributed by atoms with E-state index in [1.165, 1.54) is 11.1 Å². The average molecular weight is 381 g/mol. The number of nitrogens with zero attached hydrogens (tertiary/aromatic N) is 3. The minimum Gasteiger partial charge on any atom is -0.481 e. The summed E-state index contributed by atoms with van der Waals surface area (Å²) in [6, 6.07) is 11.3. The van der Waals surface area contributed by atoms with Gasteiger partial charge < -0.3 is 9.84 Å². The van der Waals surface area contributed by atoms with Crippen molar-refractivity contribution < 1.29 is 14.6 Å². The van der Waals surface area contributed by atoms with Crippen LogP contribution < -0.4 is 0 Å². The zero-order chi connectivity index (χ0) is 19.1. The zero-order valence-electron chi connectivity index (χ0n) is 16.0. The van der Waals surface area contributed by atoms with Crippen molar-refractivity contribution >= 4 is 5.97 Å². The molecule has 3 aliphatic heterocycles. The third-order valence-corrected chi connectivity index (χ3v) is 6.91. The molecule has 1 aromatic carbocycles. The molecule has 1 aromatic heterocycles. The van der Waals surface area contributed by atoms with Gasteiger partial charge in [-0.3, -0.25) is 14.4 Å². The van der Waals surface area contributed by atoms with Gasteiger partial charge in [-0.25, -0.2) is 0 Å². The molecule has 3 unspecified atom stereocenters. The fraction of sp³-hybridized carbons (Fsp3) is 0.545. The van der Waals surface area contributed by atoms with Gasteiger partial charge in [-0.2, -0.15) is 5.10 Å². The number of carbonyl (C=O) groups is 1. The highest BCUT2D eigenvalue weighted by Crippen LogP contribution is 2.50. The predicted molar refractivity (Wildman–Crippen MR) is 104 cm³/mol. The maximum absolute atomic E-state index is 11.9. The molecule has 0 saturated carbocycles. The summed E-state index contributed by atoms with van der Waals surface area (Å²) in [6.45, 7) is 1.79. The van der Waals surface area contributed by atoms with E-state index in [-0.39, 0.29) is 5.60 Å². The first-order valence-corrected chi connectivity index (χ1v) is 10.3. The van der Waals surface area contributed by atoms with E-state index >= 15 is 0 Å². The summed E-state index contributed by atoms with van der Waals surface area (Å²) in [5.41, 5.74) is 2.60. The Morgan fingerprint density at radius 2 is 2.00 bits per heavy atom. The van der Waals surface area contributed by atoms with Crippen LogP contribution in [-0.2, 0) is 28.1 Å². The van der Waals surface area contributed by atoms with Gasteiger partial charge >= 0.3 is 5.97 Å². The number of benzene rings is 1. The number of aromatic nitrogens is 2. The monoisotopic (exact) mass is 381 g/mol. The van der Waals surface area contributed by atoms with E-state index in [1.807, 2.05) is 12.3 Å². The quantitative estimate of drug-likeness (QED) is 0.863. The molecule has 148 valence electrons. The Kier molecular flexibility index (Phi) is 4.48. The summed E-state index contributed by atoms with van der Waals surface area (Å²) in [5.74, 6) is -1.19. The molecule has 5 rings (SSSR count). The van der Waals surface area contributed by atoms with Gasteiger partial charge in [-0.15, -0.1) is 0 Å². The van der Waals surface area contributed by atoms with Crippen molar-refractivity contribution in [1.82, 2.24) is 14.7 Å². The average Bonchev–Trinajstić information content (AvgIpc) is 3.28. The van der Waals surface area contributed by atoms with Crippen LogP contribution in [0.4, 0.5) is 0 Å². The van der Waals surface area contributed by atoms with Crippen molar-refractivity contribution in [2.24, 2.45) is 5.92 Å². The Hall–Kier alpha value is -2.18. The number of hydrogen-bond donors (Lipinski definition) is 1. The molecule has 2 fully saturated rings. The van der Waals surface area contributed by atoms with E-state index in [4.69, 9.17) is 4.74 Å². The van der Waals surface area contributed by atoms with Crippen molar-refractivity contribution in [2.45, 2.75) is 56.3 Å². The van der Waals surface area contributed by atoms with Crippen LogP contribution >= 0.6 is 0 Å². The van der Waals surface area contributed by atoms with Gasteiger partial charge in [-0.05, 0) is 49.3 Å². The predicted octanol–water partition coefficient (Wildman–Crippen LogP) is 2.68. The molecule has 0 radical (unpaired) electrons. The van der Waals surface area contributed by atoms with Gasteiger partial charge in [0, 0.05) is 31.0 Å². The van der Waals surface area contributed by atoms with E-state index in [2.05, 4.69) is 34.3 Å². The maximum atomic E-state index is 11.9. The molecule has 2 aromatic rings. The standard InChI is InChI=1S/C22H27N3O3/c26-21(27)17(14-24-10-3-9-23-24)15-25-18-6-7-19(25)13-22(12-18)20-5-2-1-4-16(20)8-11-28-22/h1-5,9-10,17-19H,6-8,11-15H2,(H,26,27). The van der Waals surface area contributed by atoms with E-state index in [1.54, 1.807) is 10.9 Å². The number of piperidine rings is 1. The van der Waals surface area contributed by atoms with E-state index in [0.717, 1.165) is 38.7 Å². The molecule has 0 aliphatic carbocycles. The van der Waals surface area contributed by atoms with Crippen molar-refractivity contribution in [3.05, 3.63) is 53.9 Å². The summed E-state index contributed by atoms with van der Waals surface area (Å²) in [5, 5.41) is 14.0. The van der Waals surface area contributed by atoms with Gasteiger partial charge in [0.2, 0.25) is 0 Å². The Morgan fingerprint density at radius 1 is 1.21 bits per heavy atom. The zero-order valence-corrected chi connectivity index (χ0v) is 16.0. The van der Waals surface area contributed by atoms with Crippen LogP contribution in [0.1, 0.15) is 36.8 Å². The number of fused-ring (bicyclic) bond motifs is 4. The maximum Gasteiger partial charge on any atom is 0.309 e. The van der Waals surface area contributed by atoms with Crippen molar-refractivity contribution in [3.63, 3.8) is 0 Å². The van der Waals surface area contributed by atoms with Crippen LogP contribution in [0.25, 0.3) is 0 Å². The van der Waals surface area contributed by atoms with Crippen molar-refractivity contribution in [3.8, 4) is 0 Å². The third-order valence-electron chi connectivity index (χ3n) is 6.91. The lowest BCUT2D eigenvalue weighted by Gasteiger charge is -2.49. The Balaban J connectivity index is 1.36. The lowest BCUT2D eigenvalue weighted by molar-refractivity contribution is -0.146. The molecule has 6 heteroatoms. The molecule has 2 bridgehead atoms. The highest BCUT2D eigenvalue weighted by Gasteiger charge is 2.51. The highest BCUT2D eigenvalue weighted by atomic mass is 16.5. The molecule has 3 aliphatic rings. The third kappa shape index (κ3) is 3.05. The molecular weight excluding hydrogens is 354 g/mol.